The Hall–Kier alpha value is -0.660. The third-order valence-electron chi connectivity index (χ3n) is 3.91. The summed E-state index contributed by atoms with van der Waals surface area (Å²) in [5, 5.41) is 4.87. The Morgan fingerprint density at radius 1 is 1.57 bits per heavy atom. The van der Waals surface area contributed by atoms with Crippen LogP contribution in [0.3, 0.4) is 0 Å². The molecule has 2 rings (SSSR count). The average Bonchev–Trinajstić information content (AvgIpc) is 2.85. The fraction of sp³-hybridized carbons (Fsp3) is 0.786. The van der Waals surface area contributed by atoms with E-state index in [1.807, 2.05) is 4.68 Å². The molecule has 1 aliphatic heterocycles. The molecule has 1 aromatic rings. The predicted molar refractivity (Wildman–Crippen MR) is 82.5 cm³/mol. The van der Waals surface area contributed by atoms with Crippen LogP contribution in [0, 0.1) is 0 Å². The van der Waals surface area contributed by atoms with Crippen LogP contribution in [0.2, 0.25) is 5.02 Å². The summed E-state index contributed by atoms with van der Waals surface area (Å²) in [5.41, 5.74) is 7.24. The summed E-state index contributed by atoms with van der Waals surface area (Å²) in [7, 11) is 1.66. The quantitative estimate of drug-likeness (QED) is 0.856. The van der Waals surface area contributed by atoms with Crippen molar-refractivity contribution < 1.29 is 9.47 Å². The number of halogens is 1. The first-order chi connectivity index (χ1) is 10.0. The summed E-state index contributed by atoms with van der Waals surface area (Å²) in [4.78, 5) is 2.37. The second-order valence-corrected chi connectivity index (χ2v) is 6.02. The lowest BCUT2D eigenvalue weighted by Crippen LogP contribution is -2.49. The largest absolute Gasteiger partial charge is 0.383 e. The highest BCUT2D eigenvalue weighted by Gasteiger charge is 2.31. The summed E-state index contributed by atoms with van der Waals surface area (Å²) in [6.07, 6.45) is 1.56. The van der Waals surface area contributed by atoms with E-state index >= 15 is 0 Å². The molecule has 0 amide bonds. The molecular formula is C14H25ClN4O2. The van der Waals surface area contributed by atoms with Gasteiger partial charge in [-0.2, -0.15) is 5.10 Å². The molecular weight excluding hydrogens is 292 g/mol. The van der Waals surface area contributed by atoms with Gasteiger partial charge in [0.1, 0.15) is 0 Å². The highest BCUT2D eigenvalue weighted by atomic mass is 35.5. The van der Waals surface area contributed by atoms with Crippen molar-refractivity contribution in [3.8, 4) is 0 Å². The van der Waals surface area contributed by atoms with Crippen LogP contribution in [0.1, 0.15) is 25.6 Å². The molecule has 21 heavy (non-hydrogen) atoms. The van der Waals surface area contributed by atoms with Crippen LogP contribution >= 0.6 is 11.6 Å². The number of nitrogens with two attached hydrogens (primary N) is 1. The SMILES string of the molecule is COCCn1ncc(Cl)c1C(N)C1CN(C(C)C)CCO1. The molecule has 0 bridgehead atoms. The number of ether oxygens (including phenoxy) is 2. The molecule has 1 saturated heterocycles. The van der Waals surface area contributed by atoms with Gasteiger partial charge in [-0.1, -0.05) is 11.6 Å². The first-order valence-corrected chi connectivity index (χ1v) is 7.73. The number of rotatable bonds is 6. The average molecular weight is 317 g/mol. The zero-order valence-electron chi connectivity index (χ0n) is 13.0. The van der Waals surface area contributed by atoms with Crippen LogP contribution in [0.15, 0.2) is 6.20 Å². The first kappa shape index (κ1) is 16.7. The van der Waals surface area contributed by atoms with Gasteiger partial charge in [0.25, 0.3) is 0 Å². The highest BCUT2D eigenvalue weighted by Crippen LogP contribution is 2.27. The Bertz CT molecular complexity index is 452. The van der Waals surface area contributed by atoms with Gasteiger partial charge < -0.3 is 15.2 Å². The van der Waals surface area contributed by atoms with E-state index in [4.69, 9.17) is 26.8 Å². The molecule has 2 atom stereocenters. The van der Waals surface area contributed by atoms with Crippen molar-refractivity contribution in [3.63, 3.8) is 0 Å². The van der Waals surface area contributed by atoms with Gasteiger partial charge in [-0.3, -0.25) is 9.58 Å². The number of methoxy groups -OCH3 is 1. The van der Waals surface area contributed by atoms with Crippen molar-refractivity contribution >= 4 is 11.6 Å². The van der Waals surface area contributed by atoms with Crippen LogP contribution in [-0.4, -0.2) is 60.2 Å². The topological polar surface area (TPSA) is 65.5 Å². The molecule has 1 fully saturated rings. The van der Waals surface area contributed by atoms with Gasteiger partial charge in [-0.25, -0.2) is 0 Å². The summed E-state index contributed by atoms with van der Waals surface area (Å²) in [5.74, 6) is 0. The summed E-state index contributed by atoms with van der Waals surface area (Å²) < 4.78 is 12.8. The fourth-order valence-corrected chi connectivity index (χ4v) is 2.89. The lowest BCUT2D eigenvalue weighted by Gasteiger charge is -2.38. The van der Waals surface area contributed by atoms with E-state index in [0.29, 0.717) is 30.8 Å². The maximum absolute atomic E-state index is 6.41. The van der Waals surface area contributed by atoms with Crippen LogP contribution in [-0.2, 0) is 16.0 Å². The minimum absolute atomic E-state index is 0.0726. The van der Waals surface area contributed by atoms with Gasteiger partial charge in [-0.05, 0) is 13.8 Å². The molecule has 6 nitrogen and oxygen atoms in total. The van der Waals surface area contributed by atoms with E-state index in [0.717, 1.165) is 18.8 Å². The molecule has 0 spiro atoms. The van der Waals surface area contributed by atoms with Crippen LogP contribution in [0.5, 0.6) is 0 Å². The molecule has 0 aromatic carbocycles. The van der Waals surface area contributed by atoms with Crippen molar-refractivity contribution in [1.29, 1.82) is 0 Å². The minimum atomic E-state index is -0.293. The van der Waals surface area contributed by atoms with Gasteiger partial charge in [-0.15, -0.1) is 0 Å². The van der Waals surface area contributed by atoms with E-state index in [1.165, 1.54) is 0 Å². The molecule has 0 saturated carbocycles. The second kappa shape index (κ2) is 7.56. The molecule has 0 aliphatic carbocycles. The number of aromatic nitrogens is 2. The molecule has 2 heterocycles. The lowest BCUT2D eigenvalue weighted by molar-refractivity contribution is -0.0514. The normalized spacial score (nSPS) is 21.9. The number of hydrogen-bond acceptors (Lipinski definition) is 5. The Labute approximate surface area is 131 Å². The van der Waals surface area contributed by atoms with Gasteiger partial charge in [0, 0.05) is 26.2 Å². The van der Waals surface area contributed by atoms with E-state index in [1.54, 1.807) is 13.3 Å². The maximum Gasteiger partial charge on any atom is 0.0910 e. The van der Waals surface area contributed by atoms with Crippen LogP contribution < -0.4 is 5.73 Å². The molecule has 1 aliphatic rings. The maximum atomic E-state index is 6.41. The highest BCUT2D eigenvalue weighted by molar-refractivity contribution is 6.31. The Balaban J connectivity index is 2.11. The van der Waals surface area contributed by atoms with Gasteiger partial charge >= 0.3 is 0 Å². The van der Waals surface area contributed by atoms with Crippen molar-refractivity contribution in [2.45, 2.75) is 38.6 Å². The monoisotopic (exact) mass is 316 g/mol. The number of nitrogens with zero attached hydrogens (tertiary/aromatic N) is 3. The van der Waals surface area contributed by atoms with E-state index < -0.39 is 0 Å². The lowest BCUT2D eigenvalue weighted by atomic mass is 10.1. The van der Waals surface area contributed by atoms with Crippen molar-refractivity contribution in [3.05, 3.63) is 16.9 Å². The Morgan fingerprint density at radius 3 is 3.00 bits per heavy atom. The molecule has 1 aromatic heterocycles. The molecule has 120 valence electrons. The molecule has 2 N–H and O–H groups in total. The summed E-state index contributed by atoms with van der Waals surface area (Å²) in [6.45, 7) is 8.02. The second-order valence-electron chi connectivity index (χ2n) is 5.62. The minimum Gasteiger partial charge on any atom is -0.383 e. The Morgan fingerprint density at radius 2 is 2.33 bits per heavy atom. The predicted octanol–water partition coefficient (Wildman–Crippen LogP) is 1.29. The number of morpholine rings is 1. The van der Waals surface area contributed by atoms with Crippen molar-refractivity contribution in [1.82, 2.24) is 14.7 Å². The Kier molecular flexibility index (Phi) is 6.01. The first-order valence-electron chi connectivity index (χ1n) is 7.36. The summed E-state index contributed by atoms with van der Waals surface area (Å²) >= 11 is 6.26. The van der Waals surface area contributed by atoms with E-state index in [9.17, 15) is 0 Å². The van der Waals surface area contributed by atoms with Crippen LogP contribution in [0.25, 0.3) is 0 Å². The van der Waals surface area contributed by atoms with Gasteiger partial charge in [0.2, 0.25) is 0 Å². The summed E-state index contributed by atoms with van der Waals surface area (Å²) in [6, 6.07) is 0.191. The van der Waals surface area contributed by atoms with E-state index in [-0.39, 0.29) is 12.1 Å². The van der Waals surface area contributed by atoms with Gasteiger partial charge in [0.15, 0.2) is 0 Å². The van der Waals surface area contributed by atoms with Crippen molar-refractivity contribution in [2.24, 2.45) is 5.73 Å². The van der Waals surface area contributed by atoms with Crippen molar-refractivity contribution in [2.75, 3.05) is 33.4 Å². The third kappa shape index (κ3) is 3.96. The van der Waals surface area contributed by atoms with E-state index in [2.05, 4.69) is 23.8 Å². The zero-order chi connectivity index (χ0) is 15.4. The van der Waals surface area contributed by atoms with Crippen LogP contribution in [0.4, 0.5) is 0 Å². The fourth-order valence-electron chi connectivity index (χ4n) is 2.62. The molecule has 2 unspecified atom stereocenters. The zero-order valence-corrected chi connectivity index (χ0v) is 13.7. The third-order valence-corrected chi connectivity index (χ3v) is 4.20. The molecule has 7 heteroatoms. The smallest absolute Gasteiger partial charge is 0.0910 e. The van der Waals surface area contributed by atoms with Gasteiger partial charge in [0.05, 0.1) is 48.8 Å². The molecule has 0 radical (unpaired) electrons. The number of hydrogen-bond donors (Lipinski definition) is 1. The standard InChI is InChI=1S/C14H25ClN4O2/c1-10(2)18-4-7-21-12(9-18)13(16)14-11(15)8-17-19(14)5-6-20-3/h8,10,12-13H,4-7,9,16H2,1-3H3.